The quantitative estimate of drug-likeness (QED) is 0.690. The molecule has 0 aliphatic carbocycles. The average molecular weight is 294 g/mol. The molecule has 0 bridgehead atoms. The van der Waals surface area contributed by atoms with Crippen molar-refractivity contribution in [3.63, 3.8) is 0 Å². The number of hydrogen-bond donors (Lipinski definition) is 1. The van der Waals surface area contributed by atoms with Crippen LogP contribution < -0.4 is 0 Å². The van der Waals surface area contributed by atoms with Crippen molar-refractivity contribution < 1.29 is 5.11 Å². The van der Waals surface area contributed by atoms with Gasteiger partial charge in [0.15, 0.2) is 0 Å². The Hall–Kier alpha value is -1.77. The van der Waals surface area contributed by atoms with Crippen molar-refractivity contribution in [2.45, 2.75) is 17.9 Å². The Morgan fingerprint density at radius 1 is 0.810 bits per heavy atom. The van der Waals surface area contributed by atoms with E-state index in [0.717, 1.165) is 21.4 Å². The summed E-state index contributed by atoms with van der Waals surface area (Å²) < 4.78 is 0. The lowest BCUT2D eigenvalue weighted by Crippen LogP contribution is -2.02. The highest BCUT2D eigenvalue weighted by Gasteiger charge is 2.16. The zero-order chi connectivity index (χ0) is 14.8. The number of benzene rings is 3. The van der Waals surface area contributed by atoms with Gasteiger partial charge in [-0.05, 0) is 46.7 Å². The van der Waals surface area contributed by atoms with Crippen molar-refractivity contribution in [2.24, 2.45) is 0 Å². The van der Waals surface area contributed by atoms with Gasteiger partial charge in [0.05, 0.1) is 0 Å². The van der Waals surface area contributed by atoms with E-state index in [4.69, 9.17) is 0 Å². The number of fused-ring (bicyclic) bond motifs is 1. The van der Waals surface area contributed by atoms with Gasteiger partial charge < -0.3 is 5.11 Å². The molecule has 3 rings (SSSR count). The molecule has 0 aliphatic rings. The van der Waals surface area contributed by atoms with Crippen LogP contribution in [0.2, 0.25) is 0 Å². The van der Waals surface area contributed by atoms with Crippen molar-refractivity contribution in [1.29, 1.82) is 0 Å². The molecule has 0 radical (unpaired) electrons. The number of thioether (sulfide) groups is 1. The van der Waals surface area contributed by atoms with Gasteiger partial charge >= 0.3 is 0 Å². The highest BCUT2D eigenvalue weighted by atomic mass is 32.2. The van der Waals surface area contributed by atoms with Crippen molar-refractivity contribution in [3.8, 4) is 0 Å². The maximum absolute atomic E-state index is 10.9. The van der Waals surface area contributed by atoms with Crippen LogP contribution in [0.15, 0.2) is 65.6 Å². The van der Waals surface area contributed by atoms with Crippen molar-refractivity contribution >= 4 is 22.5 Å². The first-order valence-corrected chi connectivity index (χ1v) is 8.24. The number of rotatable bonds is 3. The minimum Gasteiger partial charge on any atom is -0.384 e. The first-order valence-electron chi connectivity index (χ1n) is 7.01. The monoisotopic (exact) mass is 294 g/mol. The minimum absolute atomic E-state index is 0.598. The highest BCUT2D eigenvalue weighted by Crippen LogP contribution is 2.34. The Kier molecular flexibility index (Phi) is 4.00. The summed E-state index contributed by atoms with van der Waals surface area (Å²) in [5, 5.41) is 13.2. The van der Waals surface area contributed by atoms with Crippen molar-refractivity contribution in [2.75, 3.05) is 6.26 Å². The Balaban J connectivity index is 2.18. The Morgan fingerprint density at radius 2 is 1.48 bits per heavy atom. The Morgan fingerprint density at radius 3 is 2.24 bits per heavy atom. The summed E-state index contributed by atoms with van der Waals surface area (Å²) in [7, 11) is 0. The second-order valence-corrected chi connectivity index (χ2v) is 6.01. The fourth-order valence-electron chi connectivity index (χ4n) is 2.77. The number of aliphatic hydroxyl groups excluding tert-OH is 1. The van der Waals surface area contributed by atoms with Crippen LogP contribution in [0.3, 0.4) is 0 Å². The standard InChI is InChI=1S/C19H18OS/c1-13-11-12-16(15-8-4-3-7-14(13)15)19(20)17-9-5-6-10-18(17)21-2/h3-12,19-20H,1-2H3. The first kappa shape index (κ1) is 14.2. The van der Waals surface area contributed by atoms with E-state index >= 15 is 0 Å². The van der Waals surface area contributed by atoms with Crippen molar-refractivity contribution in [3.05, 3.63) is 77.4 Å². The lowest BCUT2D eigenvalue weighted by atomic mass is 9.94. The predicted octanol–water partition coefficient (Wildman–Crippen LogP) is 4.95. The largest absolute Gasteiger partial charge is 0.384 e. The summed E-state index contributed by atoms with van der Waals surface area (Å²) in [5.74, 6) is 0. The Labute approximate surface area is 129 Å². The first-order chi connectivity index (χ1) is 10.2. The second-order valence-electron chi connectivity index (χ2n) is 5.16. The molecular formula is C19H18OS. The lowest BCUT2D eigenvalue weighted by Gasteiger charge is -2.17. The van der Waals surface area contributed by atoms with Crippen LogP contribution in [0.25, 0.3) is 10.8 Å². The van der Waals surface area contributed by atoms with Gasteiger partial charge in [-0.25, -0.2) is 0 Å². The molecule has 3 aromatic rings. The zero-order valence-corrected chi connectivity index (χ0v) is 13.0. The van der Waals surface area contributed by atoms with E-state index in [1.54, 1.807) is 11.8 Å². The van der Waals surface area contributed by atoms with Crippen molar-refractivity contribution in [1.82, 2.24) is 0 Å². The molecule has 0 aliphatic heterocycles. The van der Waals surface area contributed by atoms with E-state index in [1.165, 1.54) is 10.9 Å². The molecule has 0 saturated carbocycles. The van der Waals surface area contributed by atoms with Crippen LogP contribution in [0.5, 0.6) is 0 Å². The molecule has 0 spiro atoms. The van der Waals surface area contributed by atoms with Gasteiger partial charge in [-0.3, -0.25) is 0 Å². The zero-order valence-electron chi connectivity index (χ0n) is 12.2. The van der Waals surface area contributed by atoms with E-state index in [2.05, 4.69) is 31.2 Å². The summed E-state index contributed by atoms with van der Waals surface area (Å²) in [5.41, 5.74) is 3.18. The van der Waals surface area contributed by atoms with E-state index in [9.17, 15) is 5.11 Å². The van der Waals surface area contributed by atoms with E-state index in [1.807, 2.05) is 42.7 Å². The van der Waals surface area contributed by atoms with Crippen LogP contribution in [-0.4, -0.2) is 11.4 Å². The molecule has 21 heavy (non-hydrogen) atoms. The second kappa shape index (κ2) is 5.92. The normalized spacial score (nSPS) is 12.5. The molecule has 1 atom stereocenters. The van der Waals surface area contributed by atoms with Gasteiger partial charge in [0.1, 0.15) is 6.10 Å². The molecular weight excluding hydrogens is 276 g/mol. The number of aliphatic hydroxyl groups is 1. The molecule has 0 aromatic heterocycles. The predicted molar refractivity (Wildman–Crippen MR) is 91.0 cm³/mol. The van der Waals surface area contributed by atoms with Gasteiger partial charge in [-0.1, -0.05) is 54.6 Å². The Bertz CT molecular complexity index is 779. The summed E-state index contributed by atoms with van der Waals surface area (Å²) >= 11 is 1.67. The van der Waals surface area contributed by atoms with Crippen LogP contribution >= 0.6 is 11.8 Å². The third kappa shape index (κ3) is 2.57. The number of aryl methyl sites for hydroxylation is 1. The van der Waals surface area contributed by atoms with Gasteiger partial charge in [-0.15, -0.1) is 11.8 Å². The highest BCUT2D eigenvalue weighted by molar-refractivity contribution is 7.98. The fraction of sp³-hybridized carbons (Fsp3) is 0.158. The third-order valence-corrected chi connectivity index (χ3v) is 4.72. The third-order valence-electron chi connectivity index (χ3n) is 3.90. The van der Waals surface area contributed by atoms with Crippen LogP contribution in [-0.2, 0) is 0 Å². The maximum atomic E-state index is 10.9. The summed E-state index contributed by atoms with van der Waals surface area (Å²) in [6.07, 6.45) is 1.44. The van der Waals surface area contributed by atoms with E-state index < -0.39 is 6.10 Å². The molecule has 0 amide bonds. The van der Waals surface area contributed by atoms with Gasteiger partial charge in [-0.2, -0.15) is 0 Å². The van der Waals surface area contributed by atoms with E-state index in [0.29, 0.717) is 0 Å². The van der Waals surface area contributed by atoms with Gasteiger partial charge in [0, 0.05) is 4.90 Å². The topological polar surface area (TPSA) is 20.2 Å². The summed E-state index contributed by atoms with van der Waals surface area (Å²) in [4.78, 5) is 1.12. The summed E-state index contributed by atoms with van der Waals surface area (Å²) in [6.45, 7) is 2.11. The molecule has 1 nitrogen and oxygen atoms in total. The molecule has 0 saturated heterocycles. The summed E-state index contributed by atoms with van der Waals surface area (Å²) in [6, 6.07) is 20.4. The molecule has 1 N–H and O–H groups in total. The SMILES string of the molecule is CSc1ccccc1C(O)c1ccc(C)c2ccccc12. The van der Waals surface area contributed by atoms with Crippen LogP contribution in [0, 0.1) is 6.92 Å². The maximum Gasteiger partial charge on any atom is 0.106 e. The van der Waals surface area contributed by atoms with Crippen LogP contribution in [0.1, 0.15) is 22.8 Å². The fourth-order valence-corrected chi connectivity index (χ4v) is 3.40. The lowest BCUT2D eigenvalue weighted by molar-refractivity contribution is 0.219. The molecule has 3 aromatic carbocycles. The van der Waals surface area contributed by atoms with Gasteiger partial charge in [0.2, 0.25) is 0 Å². The molecule has 0 fully saturated rings. The van der Waals surface area contributed by atoms with E-state index in [-0.39, 0.29) is 0 Å². The molecule has 1 unspecified atom stereocenters. The average Bonchev–Trinajstić information content (AvgIpc) is 2.55. The molecule has 2 heteroatoms. The van der Waals surface area contributed by atoms with Gasteiger partial charge in [0.25, 0.3) is 0 Å². The molecule has 106 valence electrons. The number of hydrogen-bond acceptors (Lipinski definition) is 2. The minimum atomic E-state index is -0.598. The van der Waals surface area contributed by atoms with Crippen LogP contribution in [0.4, 0.5) is 0 Å². The molecule has 0 heterocycles. The smallest absolute Gasteiger partial charge is 0.106 e.